The van der Waals surface area contributed by atoms with Crippen LogP contribution in [0.25, 0.3) is 0 Å². The molecule has 0 aliphatic carbocycles. The van der Waals surface area contributed by atoms with E-state index in [1.54, 1.807) is 6.07 Å². The lowest BCUT2D eigenvalue weighted by atomic mass is 10.2. The van der Waals surface area contributed by atoms with E-state index in [4.69, 9.17) is 14.6 Å². The van der Waals surface area contributed by atoms with E-state index in [0.717, 1.165) is 25.7 Å². The Bertz CT molecular complexity index is 408. The molecule has 1 rings (SSSR count). The third-order valence-electron chi connectivity index (χ3n) is 2.67. The highest BCUT2D eigenvalue weighted by Gasteiger charge is 2.15. The van der Waals surface area contributed by atoms with Crippen LogP contribution in [-0.2, 0) is 0 Å². The molecule has 1 aromatic carbocycles. The van der Waals surface area contributed by atoms with Crippen molar-refractivity contribution in [3.63, 3.8) is 0 Å². The van der Waals surface area contributed by atoms with Crippen LogP contribution in [0.15, 0.2) is 18.2 Å². The Hall–Kier alpha value is -1.82. The number of nitro benzene ring substituents is 1. The Morgan fingerprint density at radius 3 is 2.63 bits per heavy atom. The average molecular weight is 269 g/mol. The predicted octanol–water partition coefficient (Wildman–Crippen LogP) is 2.53. The maximum atomic E-state index is 10.8. The van der Waals surface area contributed by atoms with E-state index in [0.29, 0.717) is 12.4 Å². The van der Waals surface area contributed by atoms with Gasteiger partial charge >= 0.3 is 5.69 Å². The minimum absolute atomic E-state index is 0.0970. The van der Waals surface area contributed by atoms with Crippen LogP contribution in [0.1, 0.15) is 25.7 Å². The summed E-state index contributed by atoms with van der Waals surface area (Å²) in [6.45, 7) is 0.723. The molecule has 0 aromatic heterocycles. The Morgan fingerprint density at radius 1 is 1.26 bits per heavy atom. The van der Waals surface area contributed by atoms with Crippen LogP contribution >= 0.6 is 0 Å². The molecule has 0 spiro atoms. The van der Waals surface area contributed by atoms with Crippen molar-refractivity contribution >= 4 is 5.69 Å². The molecule has 1 N–H and O–H groups in total. The van der Waals surface area contributed by atoms with Crippen molar-refractivity contribution < 1.29 is 19.5 Å². The monoisotopic (exact) mass is 269 g/mol. The average Bonchev–Trinajstić information content (AvgIpc) is 2.42. The molecule has 0 amide bonds. The van der Waals surface area contributed by atoms with Gasteiger partial charge in [-0.2, -0.15) is 0 Å². The molecule has 0 saturated carbocycles. The molecule has 0 unspecified atom stereocenters. The molecule has 106 valence electrons. The minimum Gasteiger partial charge on any atom is -0.493 e. The Balaban J connectivity index is 2.46. The summed E-state index contributed by atoms with van der Waals surface area (Å²) in [5, 5.41) is 19.5. The van der Waals surface area contributed by atoms with Crippen LogP contribution in [0.2, 0.25) is 0 Å². The smallest absolute Gasteiger partial charge is 0.314 e. The molecule has 0 heterocycles. The van der Waals surface area contributed by atoms with Crippen LogP contribution in [-0.4, -0.2) is 30.4 Å². The van der Waals surface area contributed by atoms with Crippen LogP contribution in [0.5, 0.6) is 11.5 Å². The summed E-state index contributed by atoms with van der Waals surface area (Å²) in [6.07, 6.45) is 3.59. The summed E-state index contributed by atoms with van der Waals surface area (Å²) in [4.78, 5) is 10.3. The number of nitro groups is 1. The first kappa shape index (κ1) is 15.2. The third-order valence-corrected chi connectivity index (χ3v) is 2.67. The van der Waals surface area contributed by atoms with Crippen LogP contribution in [0, 0.1) is 10.1 Å². The highest BCUT2D eigenvalue weighted by Crippen LogP contribution is 2.30. The van der Waals surface area contributed by atoms with Gasteiger partial charge in [0, 0.05) is 6.61 Å². The zero-order valence-corrected chi connectivity index (χ0v) is 11.0. The molecular formula is C13H19NO5. The van der Waals surface area contributed by atoms with Crippen molar-refractivity contribution in [2.45, 2.75) is 25.7 Å². The molecule has 0 bridgehead atoms. The first-order valence-electron chi connectivity index (χ1n) is 6.25. The fourth-order valence-electron chi connectivity index (χ4n) is 1.66. The number of benzene rings is 1. The second-order valence-electron chi connectivity index (χ2n) is 4.08. The Kier molecular flexibility index (Phi) is 6.67. The fourth-order valence-corrected chi connectivity index (χ4v) is 1.66. The van der Waals surface area contributed by atoms with Crippen molar-refractivity contribution in [3.8, 4) is 11.5 Å². The van der Waals surface area contributed by atoms with E-state index in [9.17, 15) is 10.1 Å². The first-order valence-corrected chi connectivity index (χ1v) is 6.25. The molecule has 0 saturated heterocycles. The fraction of sp³-hybridized carbons (Fsp3) is 0.538. The molecule has 0 aliphatic heterocycles. The zero-order valence-electron chi connectivity index (χ0n) is 11.0. The lowest BCUT2D eigenvalue weighted by Gasteiger charge is -2.07. The summed E-state index contributed by atoms with van der Waals surface area (Å²) in [5.41, 5.74) is -0.0970. The van der Waals surface area contributed by atoms with E-state index in [1.807, 2.05) is 0 Å². The lowest BCUT2D eigenvalue weighted by Crippen LogP contribution is -1.99. The Labute approximate surface area is 112 Å². The van der Waals surface area contributed by atoms with Gasteiger partial charge in [-0.3, -0.25) is 10.1 Å². The van der Waals surface area contributed by atoms with Gasteiger partial charge in [-0.1, -0.05) is 6.42 Å². The third kappa shape index (κ3) is 5.13. The minimum atomic E-state index is -0.493. The molecule has 6 nitrogen and oxygen atoms in total. The quantitative estimate of drug-likeness (QED) is 0.423. The molecular weight excluding hydrogens is 250 g/mol. The summed E-state index contributed by atoms with van der Waals surface area (Å²) in [6, 6.07) is 4.55. The van der Waals surface area contributed by atoms with Crippen molar-refractivity contribution in [1.29, 1.82) is 0 Å². The number of aliphatic hydroxyl groups excluding tert-OH is 1. The van der Waals surface area contributed by atoms with Crippen molar-refractivity contribution in [1.82, 2.24) is 0 Å². The number of aliphatic hydroxyl groups is 1. The van der Waals surface area contributed by atoms with Crippen LogP contribution in [0.3, 0.4) is 0 Å². The largest absolute Gasteiger partial charge is 0.493 e. The van der Waals surface area contributed by atoms with Crippen molar-refractivity contribution in [2.75, 3.05) is 20.3 Å². The molecule has 0 atom stereocenters. The summed E-state index contributed by atoms with van der Waals surface area (Å²) >= 11 is 0. The van der Waals surface area contributed by atoms with Crippen molar-refractivity contribution in [3.05, 3.63) is 28.3 Å². The van der Waals surface area contributed by atoms with Crippen LogP contribution < -0.4 is 9.47 Å². The molecule has 1 aromatic rings. The number of unbranched alkanes of at least 4 members (excludes halogenated alkanes) is 3. The zero-order chi connectivity index (χ0) is 14.1. The number of ether oxygens (including phenoxy) is 2. The van der Waals surface area contributed by atoms with E-state index in [-0.39, 0.29) is 18.0 Å². The first-order chi connectivity index (χ1) is 9.19. The summed E-state index contributed by atoms with van der Waals surface area (Å²) in [5.74, 6) is 0.690. The molecule has 19 heavy (non-hydrogen) atoms. The maximum Gasteiger partial charge on any atom is 0.314 e. The SMILES string of the molecule is COc1ccc(OCCCCCCO)cc1[N+](=O)[O-]. The standard InChI is InChI=1S/C13H19NO5/c1-18-13-7-6-11(10-12(13)14(16)17)19-9-5-3-2-4-8-15/h6-7,10,15H,2-5,8-9H2,1H3. The van der Waals surface area contributed by atoms with Gasteiger partial charge in [0.2, 0.25) is 0 Å². The molecule has 6 heteroatoms. The number of rotatable bonds is 9. The second kappa shape index (κ2) is 8.31. The lowest BCUT2D eigenvalue weighted by molar-refractivity contribution is -0.385. The molecule has 0 fully saturated rings. The van der Waals surface area contributed by atoms with E-state index >= 15 is 0 Å². The van der Waals surface area contributed by atoms with Gasteiger partial charge in [0.1, 0.15) is 5.75 Å². The van der Waals surface area contributed by atoms with Gasteiger partial charge in [-0.05, 0) is 31.4 Å². The highest BCUT2D eigenvalue weighted by atomic mass is 16.6. The molecule has 0 aliphatic rings. The van der Waals surface area contributed by atoms with E-state index in [1.165, 1.54) is 19.2 Å². The summed E-state index contributed by atoms with van der Waals surface area (Å²) in [7, 11) is 1.39. The van der Waals surface area contributed by atoms with Gasteiger partial charge in [-0.25, -0.2) is 0 Å². The van der Waals surface area contributed by atoms with Gasteiger partial charge in [-0.15, -0.1) is 0 Å². The van der Waals surface area contributed by atoms with Gasteiger partial charge in [0.05, 0.1) is 24.7 Å². The molecule has 0 radical (unpaired) electrons. The van der Waals surface area contributed by atoms with Gasteiger partial charge in [0.15, 0.2) is 5.75 Å². The van der Waals surface area contributed by atoms with E-state index in [2.05, 4.69) is 0 Å². The second-order valence-corrected chi connectivity index (χ2v) is 4.08. The van der Waals surface area contributed by atoms with Gasteiger partial charge in [0.25, 0.3) is 0 Å². The normalized spacial score (nSPS) is 10.2. The number of methoxy groups -OCH3 is 1. The van der Waals surface area contributed by atoms with Crippen molar-refractivity contribution in [2.24, 2.45) is 0 Å². The number of hydrogen-bond acceptors (Lipinski definition) is 5. The van der Waals surface area contributed by atoms with Gasteiger partial charge < -0.3 is 14.6 Å². The van der Waals surface area contributed by atoms with E-state index < -0.39 is 4.92 Å². The summed E-state index contributed by atoms with van der Waals surface area (Å²) < 4.78 is 10.4. The van der Waals surface area contributed by atoms with Crippen LogP contribution in [0.4, 0.5) is 5.69 Å². The highest BCUT2D eigenvalue weighted by molar-refractivity contribution is 5.50. The maximum absolute atomic E-state index is 10.8. The topological polar surface area (TPSA) is 81.8 Å². The predicted molar refractivity (Wildman–Crippen MR) is 70.7 cm³/mol. The number of nitrogens with zero attached hydrogens (tertiary/aromatic N) is 1. The number of hydrogen-bond donors (Lipinski definition) is 1. The Morgan fingerprint density at radius 2 is 2.00 bits per heavy atom.